The molecular formula is C24H32N2O8. The van der Waals surface area contributed by atoms with Crippen LogP contribution in [-0.2, 0) is 38.1 Å². The van der Waals surface area contributed by atoms with E-state index in [-0.39, 0.29) is 39.1 Å². The van der Waals surface area contributed by atoms with Crippen molar-refractivity contribution < 1.29 is 38.1 Å². The molecule has 0 aromatic carbocycles. The number of dihydropyridines is 2. The largest absolute Gasteiger partial charge is 0.466 e. The molecule has 0 saturated heterocycles. The molecule has 34 heavy (non-hydrogen) atoms. The first-order valence-corrected chi connectivity index (χ1v) is 11.0. The molecule has 0 aromatic heterocycles. The van der Waals surface area contributed by atoms with Gasteiger partial charge in [0.1, 0.15) is 0 Å². The van der Waals surface area contributed by atoms with E-state index in [2.05, 4.69) is 10.6 Å². The van der Waals surface area contributed by atoms with Gasteiger partial charge in [0.25, 0.3) is 0 Å². The number of hydrogen-bond donors (Lipinski definition) is 2. The van der Waals surface area contributed by atoms with Crippen LogP contribution in [0, 0.1) is 0 Å². The molecule has 0 saturated carbocycles. The maximum Gasteiger partial charge on any atom is 0.336 e. The summed E-state index contributed by atoms with van der Waals surface area (Å²) in [6.07, 6.45) is 0.518. The fourth-order valence-corrected chi connectivity index (χ4v) is 3.55. The van der Waals surface area contributed by atoms with Gasteiger partial charge in [-0.1, -0.05) is 0 Å². The molecule has 0 spiro atoms. The van der Waals surface area contributed by atoms with Gasteiger partial charge in [-0.05, 0) is 34.6 Å². The Morgan fingerprint density at radius 3 is 1.35 bits per heavy atom. The molecule has 0 atom stereocenters. The third kappa shape index (κ3) is 6.49. The van der Waals surface area contributed by atoms with Gasteiger partial charge in [0.05, 0.1) is 49.2 Å². The van der Waals surface area contributed by atoms with Gasteiger partial charge in [-0.3, -0.25) is 0 Å². The molecule has 0 fully saturated rings. The van der Waals surface area contributed by atoms with Gasteiger partial charge in [0.2, 0.25) is 0 Å². The zero-order chi connectivity index (χ0) is 25.4. The van der Waals surface area contributed by atoms with Gasteiger partial charge in [-0.2, -0.15) is 0 Å². The molecule has 10 nitrogen and oxygen atoms in total. The number of carbonyl (C=O) groups excluding carboxylic acids is 4. The Kier molecular flexibility index (Phi) is 9.47. The van der Waals surface area contributed by atoms with Crippen LogP contribution in [0.2, 0.25) is 0 Å². The molecule has 0 unspecified atom stereocenters. The fraction of sp³-hybridized carbons (Fsp3) is 0.500. The van der Waals surface area contributed by atoms with E-state index in [9.17, 15) is 19.2 Å². The minimum Gasteiger partial charge on any atom is -0.466 e. The summed E-state index contributed by atoms with van der Waals surface area (Å²) in [4.78, 5) is 49.0. The molecule has 186 valence electrons. The second kappa shape index (κ2) is 12.1. The van der Waals surface area contributed by atoms with Crippen LogP contribution in [0.5, 0.6) is 0 Å². The summed E-state index contributed by atoms with van der Waals surface area (Å²) in [6.45, 7) is 8.95. The van der Waals surface area contributed by atoms with Crippen molar-refractivity contribution in [3.8, 4) is 0 Å². The Balaban J connectivity index is 1.83. The van der Waals surface area contributed by atoms with Gasteiger partial charge >= 0.3 is 23.9 Å². The summed E-state index contributed by atoms with van der Waals surface area (Å²) in [7, 11) is 1.28. The van der Waals surface area contributed by atoms with E-state index in [1.165, 1.54) is 7.11 Å². The summed E-state index contributed by atoms with van der Waals surface area (Å²) in [5, 5.41) is 6.01. The third-order valence-corrected chi connectivity index (χ3v) is 5.47. The highest BCUT2D eigenvalue weighted by molar-refractivity contribution is 5.97. The van der Waals surface area contributed by atoms with Crippen molar-refractivity contribution in [1.29, 1.82) is 0 Å². The number of rotatable bonds is 9. The molecule has 2 heterocycles. The SMILES string of the molecule is CCOC(=O)C1=C(C)NC(C)=C(C(=O)OCCCOC(=O)C2=C(C)NC(C)=C(C(=O)OC)C2)C1. The predicted octanol–water partition coefficient (Wildman–Crippen LogP) is 2.28. The summed E-state index contributed by atoms with van der Waals surface area (Å²) < 4.78 is 20.4. The Morgan fingerprint density at radius 1 is 0.647 bits per heavy atom. The quantitative estimate of drug-likeness (QED) is 0.290. The molecule has 0 aliphatic carbocycles. The molecular weight excluding hydrogens is 444 g/mol. The average Bonchev–Trinajstić information content (AvgIpc) is 2.78. The molecule has 10 heteroatoms. The summed E-state index contributed by atoms with van der Waals surface area (Å²) in [6, 6.07) is 0. The predicted molar refractivity (Wildman–Crippen MR) is 121 cm³/mol. The molecule has 0 aromatic rings. The lowest BCUT2D eigenvalue weighted by molar-refractivity contribution is -0.141. The van der Waals surface area contributed by atoms with Gasteiger partial charge in [0, 0.05) is 42.1 Å². The zero-order valence-corrected chi connectivity index (χ0v) is 20.5. The second-order valence-corrected chi connectivity index (χ2v) is 7.86. The number of carbonyl (C=O) groups is 4. The van der Waals surface area contributed by atoms with E-state index in [0.717, 1.165) is 0 Å². The van der Waals surface area contributed by atoms with Crippen LogP contribution < -0.4 is 10.6 Å². The maximum atomic E-state index is 12.5. The smallest absolute Gasteiger partial charge is 0.336 e. The van der Waals surface area contributed by atoms with Gasteiger partial charge in [0.15, 0.2) is 0 Å². The van der Waals surface area contributed by atoms with Gasteiger partial charge in [-0.15, -0.1) is 0 Å². The van der Waals surface area contributed by atoms with Crippen molar-refractivity contribution in [1.82, 2.24) is 10.6 Å². The molecule has 2 N–H and O–H groups in total. The minimum absolute atomic E-state index is 0.0303. The topological polar surface area (TPSA) is 129 Å². The lowest BCUT2D eigenvalue weighted by Crippen LogP contribution is -2.27. The maximum absolute atomic E-state index is 12.5. The van der Waals surface area contributed by atoms with Crippen LogP contribution in [0.1, 0.15) is 53.9 Å². The monoisotopic (exact) mass is 476 g/mol. The second-order valence-electron chi connectivity index (χ2n) is 7.86. The van der Waals surface area contributed by atoms with E-state index >= 15 is 0 Å². The number of hydrogen-bond acceptors (Lipinski definition) is 10. The normalized spacial score (nSPS) is 16.1. The van der Waals surface area contributed by atoms with Gasteiger partial charge in [-0.25, -0.2) is 19.2 Å². The summed E-state index contributed by atoms with van der Waals surface area (Å²) in [5.41, 5.74) is 3.92. The third-order valence-electron chi connectivity index (χ3n) is 5.47. The Labute approximate surface area is 199 Å². The number of esters is 4. The van der Waals surface area contributed by atoms with Crippen LogP contribution in [-0.4, -0.2) is 50.8 Å². The van der Waals surface area contributed by atoms with Gasteiger partial charge < -0.3 is 29.6 Å². The molecule has 0 radical (unpaired) electrons. The molecule has 0 bridgehead atoms. The van der Waals surface area contributed by atoms with Crippen molar-refractivity contribution in [2.75, 3.05) is 26.9 Å². The molecule has 2 aliphatic rings. The highest BCUT2D eigenvalue weighted by Crippen LogP contribution is 2.26. The molecule has 2 aliphatic heterocycles. The highest BCUT2D eigenvalue weighted by atomic mass is 16.5. The van der Waals surface area contributed by atoms with Crippen molar-refractivity contribution in [3.63, 3.8) is 0 Å². The van der Waals surface area contributed by atoms with E-state index in [1.807, 2.05) is 0 Å². The number of allylic oxidation sites excluding steroid dienone is 4. The summed E-state index contributed by atoms with van der Waals surface area (Å²) in [5.74, 6) is -2.09. The van der Waals surface area contributed by atoms with E-state index < -0.39 is 23.9 Å². The zero-order valence-electron chi connectivity index (χ0n) is 20.5. The first-order valence-electron chi connectivity index (χ1n) is 11.0. The van der Waals surface area contributed by atoms with E-state index in [4.69, 9.17) is 18.9 Å². The Hall–Kier alpha value is -3.56. The van der Waals surface area contributed by atoms with Crippen molar-refractivity contribution in [3.05, 3.63) is 45.1 Å². The van der Waals surface area contributed by atoms with E-state index in [0.29, 0.717) is 45.1 Å². The van der Waals surface area contributed by atoms with Crippen molar-refractivity contribution in [2.24, 2.45) is 0 Å². The minimum atomic E-state index is -0.556. The first kappa shape index (κ1) is 26.7. The Bertz CT molecular complexity index is 1000. The summed E-state index contributed by atoms with van der Waals surface area (Å²) >= 11 is 0. The van der Waals surface area contributed by atoms with Crippen LogP contribution in [0.3, 0.4) is 0 Å². The number of methoxy groups -OCH3 is 1. The number of ether oxygens (including phenoxy) is 4. The van der Waals surface area contributed by atoms with E-state index in [1.54, 1.807) is 34.6 Å². The molecule has 0 amide bonds. The molecule has 2 rings (SSSR count). The average molecular weight is 477 g/mol. The van der Waals surface area contributed by atoms with Crippen LogP contribution in [0.15, 0.2) is 45.1 Å². The lowest BCUT2D eigenvalue weighted by atomic mass is 9.98. The lowest BCUT2D eigenvalue weighted by Gasteiger charge is -2.22. The fourth-order valence-electron chi connectivity index (χ4n) is 3.55. The van der Waals surface area contributed by atoms with Crippen molar-refractivity contribution >= 4 is 23.9 Å². The Morgan fingerprint density at radius 2 is 1.00 bits per heavy atom. The van der Waals surface area contributed by atoms with Crippen molar-refractivity contribution in [2.45, 2.75) is 53.9 Å². The van der Waals surface area contributed by atoms with Crippen LogP contribution >= 0.6 is 0 Å². The number of nitrogens with one attached hydrogen (secondary N) is 2. The first-order chi connectivity index (χ1) is 16.1. The van der Waals surface area contributed by atoms with Crippen LogP contribution in [0.25, 0.3) is 0 Å². The highest BCUT2D eigenvalue weighted by Gasteiger charge is 2.28. The van der Waals surface area contributed by atoms with Crippen LogP contribution in [0.4, 0.5) is 0 Å². The standard InChI is InChI=1S/C24H32N2O8/c1-7-32-22(28)18-12-20(16(5)26-14(18)3)24(30)34-10-8-9-33-23(29)19-11-17(21(27)31-6)13(2)25-15(19)4/h25-26H,7-12H2,1-6H3.